The number of fused-ring (bicyclic) bond motifs is 1. The molecule has 1 aromatic heterocycles. The molecule has 0 saturated carbocycles. The molecule has 1 amide bonds. The summed E-state index contributed by atoms with van der Waals surface area (Å²) in [6, 6.07) is 6.77. The molecule has 1 aliphatic heterocycles. The lowest BCUT2D eigenvalue weighted by atomic mass is 9.95. The van der Waals surface area contributed by atoms with E-state index >= 15 is 0 Å². The molecule has 1 N–H and O–H groups in total. The summed E-state index contributed by atoms with van der Waals surface area (Å²) in [6.07, 6.45) is 3.97. The van der Waals surface area contributed by atoms with Gasteiger partial charge in [0.15, 0.2) is 11.6 Å². The number of benzene rings is 1. The third-order valence-corrected chi connectivity index (χ3v) is 5.85. The van der Waals surface area contributed by atoms with Gasteiger partial charge >= 0.3 is 0 Å². The number of hydrogen-bond donors (Lipinski definition) is 1. The van der Waals surface area contributed by atoms with Crippen molar-refractivity contribution in [2.75, 3.05) is 33.3 Å². The van der Waals surface area contributed by atoms with Gasteiger partial charge in [-0.25, -0.2) is 4.39 Å². The average Bonchev–Trinajstić information content (AvgIpc) is 2.73. The van der Waals surface area contributed by atoms with Crippen molar-refractivity contribution in [2.45, 2.75) is 32.2 Å². The van der Waals surface area contributed by atoms with E-state index in [1.54, 1.807) is 17.0 Å². The Morgan fingerprint density at radius 2 is 1.90 bits per heavy atom. The van der Waals surface area contributed by atoms with Crippen LogP contribution < -0.4 is 10.3 Å². The first-order chi connectivity index (χ1) is 14.0. The molecule has 154 valence electrons. The molecule has 0 bridgehead atoms. The zero-order valence-electron chi connectivity index (χ0n) is 16.7. The van der Waals surface area contributed by atoms with Crippen LogP contribution in [0.2, 0.25) is 0 Å². The Labute approximate surface area is 169 Å². The van der Waals surface area contributed by atoms with Crippen LogP contribution in [-0.4, -0.2) is 54.0 Å². The number of carbonyl (C=O) groups is 1. The van der Waals surface area contributed by atoms with Gasteiger partial charge in [0.2, 0.25) is 0 Å². The number of amides is 1. The minimum absolute atomic E-state index is 0.199. The number of aryl methyl sites for hydroxylation is 2. The lowest BCUT2D eigenvalue weighted by Crippen LogP contribution is -2.49. The molecule has 0 atom stereocenters. The maximum Gasteiger partial charge on any atom is 0.261 e. The number of piperazine rings is 1. The molecule has 1 saturated heterocycles. The third kappa shape index (κ3) is 4.19. The van der Waals surface area contributed by atoms with Crippen molar-refractivity contribution in [3.05, 3.63) is 62.8 Å². The van der Waals surface area contributed by atoms with Crippen LogP contribution in [0.5, 0.6) is 5.75 Å². The van der Waals surface area contributed by atoms with Crippen LogP contribution in [0.15, 0.2) is 29.1 Å². The zero-order valence-corrected chi connectivity index (χ0v) is 16.7. The van der Waals surface area contributed by atoms with Gasteiger partial charge in [-0.15, -0.1) is 0 Å². The summed E-state index contributed by atoms with van der Waals surface area (Å²) in [5.41, 5.74) is 2.91. The van der Waals surface area contributed by atoms with Gasteiger partial charge in [-0.1, -0.05) is 6.07 Å². The van der Waals surface area contributed by atoms with Gasteiger partial charge in [-0.3, -0.25) is 14.5 Å². The summed E-state index contributed by atoms with van der Waals surface area (Å²) in [6.45, 7) is 3.08. The number of hydrogen-bond acceptors (Lipinski definition) is 4. The van der Waals surface area contributed by atoms with E-state index in [1.807, 2.05) is 6.07 Å². The van der Waals surface area contributed by atoms with Crippen LogP contribution in [0.4, 0.5) is 4.39 Å². The van der Waals surface area contributed by atoms with Gasteiger partial charge in [-0.05, 0) is 55.0 Å². The highest BCUT2D eigenvalue weighted by atomic mass is 19.1. The van der Waals surface area contributed by atoms with Crippen molar-refractivity contribution in [1.82, 2.24) is 14.8 Å². The smallest absolute Gasteiger partial charge is 0.261 e. The molecule has 0 spiro atoms. The standard InChI is InChI=1S/C22H26FN3O3/c1-29-20-7-6-15(12-18(20)23)14-25-8-10-26(11-9-25)22(28)17-13-16-4-2-3-5-19(16)24-21(17)27/h6-7,12-13H,2-5,8-11,14H2,1H3,(H,24,27). The second-order valence-corrected chi connectivity index (χ2v) is 7.76. The van der Waals surface area contributed by atoms with Gasteiger partial charge in [0, 0.05) is 38.4 Å². The lowest BCUT2D eigenvalue weighted by molar-refractivity contribution is 0.0626. The van der Waals surface area contributed by atoms with Crippen molar-refractivity contribution < 1.29 is 13.9 Å². The van der Waals surface area contributed by atoms with Gasteiger partial charge in [-0.2, -0.15) is 0 Å². The number of nitrogens with one attached hydrogen (secondary N) is 1. The van der Waals surface area contributed by atoms with E-state index in [1.165, 1.54) is 13.2 Å². The van der Waals surface area contributed by atoms with Crippen molar-refractivity contribution in [1.29, 1.82) is 0 Å². The topological polar surface area (TPSA) is 65.6 Å². The monoisotopic (exact) mass is 399 g/mol. The zero-order chi connectivity index (χ0) is 20.4. The molecule has 2 aliphatic rings. The number of methoxy groups -OCH3 is 1. The molecule has 1 aliphatic carbocycles. The van der Waals surface area contributed by atoms with Gasteiger partial charge in [0.05, 0.1) is 7.11 Å². The number of aromatic amines is 1. The molecule has 29 heavy (non-hydrogen) atoms. The molecular formula is C22H26FN3O3. The van der Waals surface area contributed by atoms with Crippen molar-refractivity contribution in [2.24, 2.45) is 0 Å². The molecule has 4 rings (SSSR count). The van der Waals surface area contributed by atoms with Crippen molar-refractivity contribution >= 4 is 5.91 Å². The van der Waals surface area contributed by atoms with Gasteiger partial charge < -0.3 is 14.6 Å². The number of halogens is 1. The number of H-pyrrole nitrogens is 1. The number of aromatic nitrogens is 1. The SMILES string of the molecule is COc1ccc(CN2CCN(C(=O)c3cc4c([nH]c3=O)CCCC4)CC2)cc1F. The fourth-order valence-corrected chi connectivity index (χ4v) is 4.18. The summed E-state index contributed by atoms with van der Waals surface area (Å²) in [5.74, 6) is -0.334. The molecule has 7 heteroatoms. The van der Waals surface area contributed by atoms with E-state index < -0.39 is 0 Å². The molecule has 6 nitrogen and oxygen atoms in total. The number of carbonyl (C=O) groups excluding carboxylic acids is 1. The summed E-state index contributed by atoms with van der Waals surface area (Å²) in [7, 11) is 1.45. The molecule has 2 heterocycles. The number of ether oxygens (including phenoxy) is 1. The molecular weight excluding hydrogens is 373 g/mol. The Bertz CT molecular complexity index is 964. The number of rotatable bonds is 4. The minimum Gasteiger partial charge on any atom is -0.494 e. The Kier molecular flexibility index (Phi) is 5.67. The summed E-state index contributed by atoms with van der Waals surface area (Å²) < 4.78 is 18.8. The second-order valence-electron chi connectivity index (χ2n) is 7.76. The first kappa shape index (κ1) is 19.6. The number of nitrogens with zero attached hydrogens (tertiary/aromatic N) is 2. The van der Waals surface area contributed by atoms with E-state index in [-0.39, 0.29) is 28.6 Å². The maximum absolute atomic E-state index is 13.9. The summed E-state index contributed by atoms with van der Waals surface area (Å²) in [5, 5.41) is 0. The summed E-state index contributed by atoms with van der Waals surface area (Å²) >= 11 is 0. The van der Waals surface area contributed by atoms with E-state index in [9.17, 15) is 14.0 Å². The van der Waals surface area contributed by atoms with Crippen LogP contribution in [0.3, 0.4) is 0 Å². The Hall–Kier alpha value is -2.67. The highest BCUT2D eigenvalue weighted by molar-refractivity contribution is 5.94. The van der Waals surface area contributed by atoms with Crippen LogP contribution in [-0.2, 0) is 19.4 Å². The first-order valence-corrected chi connectivity index (χ1v) is 10.1. The Morgan fingerprint density at radius 1 is 1.14 bits per heavy atom. The van der Waals surface area contributed by atoms with Crippen LogP contribution in [0.1, 0.15) is 40.0 Å². The third-order valence-electron chi connectivity index (χ3n) is 5.85. The number of pyridine rings is 1. The van der Waals surface area contributed by atoms with Crippen LogP contribution in [0, 0.1) is 5.82 Å². The van der Waals surface area contributed by atoms with E-state index in [0.717, 1.165) is 42.5 Å². The second kappa shape index (κ2) is 8.37. The molecule has 1 aromatic carbocycles. The first-order valence-electron chi connectivity index (χ1n) is 10.1. The maximum atomic E-state index is 13.9. The lowest BCUT2D eigenvalue weighted by Gasteiger charge is -2.34. The molecule has 0 radical (unpaired) electrons. The fourth-order valence-electron chi connectivity index (χ4n) is 4.18. The van der Waals surface area contributed by atoms with Crippen LogP contribution >= 0.6 is 0 Å². The largest absolute Gasteiger partial charge is 0.494 e. The van der Waals surface area contributed by atoms with E-state index in [2.05, 4.69) is 9.88 Å². The highest BCUT2D eigenvalue weighted by Crippen LogP contribution is 2.21. The van der Waals surface area contributed by atoms with Gasteiger partial charge in [0.1, 0.15) is 5.56 Å². The normalized spacial score (nSPS) is 17.1. The molecule has 1 fully saturated rings. The van der Waals surface area contributed by atoms with Crippen molar-refractivity contribution in [3.8, 4) is 5.75 Å². The summed E-state index contributed by atoms with van der Waals surface area (Å²) in [4.78, 5) is 32.2. The Balaban J connectivity index is 1.39. The highest BCUT2D eigenvalue weighted by Gasteiger charge is 2.25. The van der Waals surface area contributed by atoms with Crippen LogP contribution in [0.25, 0.3) is 0 Å². The average molecular weight is 399 g/mol. The predicted octanol–water partition coefficient (Wildman–Crippen LogP) is 2.36. The Morgan fingerprint density at radius 3 is 2.62 bits per heavy atom. The molecule has 2 aromatic rings. The van der Waals surface area contributed by atoms with Gasteiger partial charge in [0.25, 0.3) is 11.5 Å². The van der Waals surface area contributed by atoms with E-state index in [4.69, 9.17) is 4.74 Å². The predicted molar refractivity (Wildman–Crippen MR) is 108 cm³/mol. The van der Waals surface area contributed by atoms with Crippen molar-refractivity contribution in [3.63, 3.8) is 0 Å². The fraction of sp³-hybridized carbons (Fsp3) is 0.455. The molecule has 0 unspecified atom stereocenters. The minimum atomic E-state index is -0.370. The quantitative estimate of drug-likeness (QED) is 0.857. The van der Waals surface area contributed by atoms with E-state index in [0.29, 0.717) is 32.7 Å².